The van der Waals surface area contributed by atoms with E-state index in [0.717, 1.165) is 11.6 Å². The van der Waals surface area contributed by atoms with Gasteiger partial charge in [-0.05, 0) is 42.3 Å². The third-order valence-corrected chi connectivity index (χ3v) is 5.88. The number of halogens is 3. The number of benzene rings is 2. The van der Waals surface area contributed by atoms with E-state index in [1.54, 1.807) is 30.5 Å². The minimum atomic E-state index is -0.671. The molecule has 0 saturated carbocycles. The maximum Gasteiger partial charge on any atom is 0.258 e. The van der Waals surface area contributed by atoms with Crippen LogP contribution < -0.4 is 10.5 Å². The molecule has 33 heavy (non-hydrogen) atoms. The number of H-pyrrole nitrogens is 1. The summed E-state index contributed by atoms with van der Waals surface area (Å²) in [7, 11) is 0. The maximum absolute atomic E-state index is 13.5. The smallest absolute Gasteiger partial charge is 0.258 e. The van der Waals surface area contributed by atoms with Gasteiger partial charge in [0.05, 0.1) is 22.9 Å². The number of anilines is 1. The van der Waals surface area contributed by atoms with Crippen LogP contribution in [0.3, 0.4) is 0 Å². The highest BCUT2D eigenvalue weighted by Crippen LogP contribution is 2.30. The highest BCUT2D eigenvalue weighted by molar-refractivity contribution is 6.31. The zero-order valence-corrected chi connectivity index (χ0v) is 18.1. The SMILES string of the molecule is O=c1[nH]c(Cc2ccc(-c3cc(F)cc(F)c3)nc2)nc2c(N3CCC(O)C3)cc(Cl)cc12. The normalized spacial score (nSPS) is 16.0. The molecule has 4 aromatic rings. The first-order valence-corrected chi connectivity index (χ1v) is 10.8. The van der Waals surface area contributed by atoms with Crippen LogP contribution in [0.15, 0.2) is 53.5 Å². The van der Waals surface area contributed by atoms with Gasteiger partial charge in [-0.15, -0.1) is 0 Å². The summed E-state index contributed by atoms with van der Waals surface area (Å²) in [5.74, 6) is -0.896. The Hall–Kier alpha value is -3.36. The second-order valence-corrected chi connectivity index (χ2v) is 8.55. The van der Waals surface area contributed by atoms with Crippen molar-refractivity contribution in [1.29, 1.82) is 0 Å². The van der Waals surface area contributed by atoms with Crippen molar-refractivity contribution in [3.8, 4) is 11.3 Å². The van der Waals surface area contributed by atoms with Crippen LogP contribution in [0.4, 0.5) is 14.5 Å². The van der Waals surface area contributed by atoms with Gasteiger partial charge in [-0.3, -0.25) is 9.78 Å². The van der Waals surface area contributed by atoms with E-state index in [9.17, 15) is 18.7 Å². The molecule has 168 valence electrons. The standard InChI is InChI=1S/C24H19ClF2N4O2/c25-15-8-19-23(21(9-15)31-4-3-18(32)12-31)29-22(30-24(19)33)5-13-1-2-20(28-11-13)14-6-16(26)10-17(27)7-14/h1-2,6-11,18,32H,3-5,12H2,(H,29,30,33). The minimum absolute atomic E-state index is 0.306. The summed E-state index contributed by atoms with van der Waals surface area (Å²) in [6.45, 7) is 1.10. The number of β-amino-alcohol motifs (C(OH)–C–C–N with tert-alkyl or cyclic N) is 1. The van der Waals surface area contributed by atoms with Crippen molar-refractivity contribution in [2.24, 2.45) is 0 Å². The van der Waals surface area contributed by atoms with Crippen LogP contribution in [0.2, 0.25) is 5.02 Å². The fraction of sp³-hybridized carbons (Fsp3) is 0.208. The van der Waals surface area contributed by atoms with Gasteiger partial charge in [0.2, 0.25) is 0 Å². The zero-order chi connectivity index (χ0) is 23.1. The molecule has 0 amide bonds. The van der Waals surface area contributed by atoms with E-state index in [1.807, 2.05) is 4.90 Å². The second-order valence-electron chi connectivity index (χ2n) is 8.11. The van der Waals surface area contributed by atoms with E-state index in [2.05, 4.69) is 15.0 Å². The van der Waals surface area contributed by atoms with Crippen molar-refractivity contribution in [3.05, 3.63) is 87.1 Å². The van der Waals surface area contributed by atoms with Crippen LogP contribution in [-0.4, -0.2) is 39.3 Å². The molecule has 1 fully saturated rings. The molecule has 1 unspecified atom stereocenters. The van der Waals surface area contributed by atoms with Gasteiger partial charge in [0, 0.05) is 42.4 Å². The summed E-state index contributed by atoms with van der Waals surface area (Å²) in [5.41, 5.74) is 2.46. The van der Waals surface area contributed by atoms with Gasteiger partial charge in [-0.2, -0.15) is 0 Å². The topological polar surface area (TPSA) is 82.1 Å². The Morgan fingerprint density at radius 2 is 1.94 bits per heavy atom. The Labute approximate surface area is 192 Å². The van der Waals surface area contributed by atoms with E-state index in [0.29, 0.717) is 64.6 Å². The number of hydrogen-bond donors (Lipinski definition) is 2. The Bertz CT molecular complexity index is 1390. The highest BCUT2D eigenvalue weighted by atomic mass is 35.5. The number of hydrogen-bond acceptors (Lipinski definition) is 5. The van der Waals surface area contributed by atoms with Gasteiger partial charge < -0.3 is 15.0 Å². The minimum Gasteiger partial charge on any atom is -0.391 e. The van der Waals surface area contributed by atoms with Crippen molar-refractivity contribution in [2.45, 2.75) is 18.9 Å². The molecule has 2 aromatic carbocycles. The van der Waals surface area contributed by atoms with Crippen molar-refractivity contribution >= 4 is 28.2 Å². The van der Waals surface area contributed by atoms with Gasteiger partial charge in [-0.1, -0.05) is 17.7 Å². The van der Waals surface area contributed by atoms with E-state index < -0.39 is 17.7 Å². The summed E-state index contributed by atoms with van der Waals surface area (Å²) in [5, 5.41) is 10.7. The Balaban J connectivity index is 1.48. The van der Waals surface area contributed by atoms with Crippen molar-refractivity contribution in [1.82, 2.24) is 15.0 Å². The lowest BCUT2D eigenvalue weighted by molar-refractivity contribution is 0.198. The van der Waals surface area contributed by atoms with Crippen LogP contribution >= 0.6 is 11.6 Å². The quantitative estimate of drug-likeness (QED) is 0.471. The zero-order valence-electron chi connectivity index (χ0n) is 17.4. The molecular weight excluding hydrogens is 450 g/mol. The van der Waals surface area contributed by atoms with Crippen LogP contribution in [0, 0.1) is 11.6 Å². The fourth-order valence-electron chi connectivity index (χ4n) is 4.12. The number of aliphatic hydroxyl groups excluding tert-OH is 1. The van der Waals surface area contributed by atoms with Gasteiger partial charge in [-0.25, -0.2) is 13.8 Å². The molecule has 1 aliphatic rings. The average molecular weight is 469 g/mol. The fourth-order valence-corrected chi connectivity index (χ4v) is 4.33. The van der Waals surface area contributed by atoms with E-state index in [1.165, 1.54) is 12.1 Å². The maximum atomic E-state index is 13.5. The van der Waals surface area contributed by atoms with Crippen molar-refractivity contribution in [3.63, 3.8) is 0 Å². The molecular formula is C24H19ClF2N4O2. The number of nitrogens with one attached hydrogen (secondary N) is 1. The number of rotatable bonds is 4. The largest absolute Gasteiger partial charge is 0.391 e. The van der Waals surface area contributed by atoms with E-state index in [4.69, 9.17) is 11.6 Å². The summed E-state index contributed by atoms with van der Waals surface area (Å²) in [6, 6.07) is 10.0. The third-order valence-electron chi connectivity index (χ3n) is 5.66. The molecule has 0 aliphatic carbocycles. The molecule has 3 heterocycles. The van der Waals surface area contributed by atoms with Gasteiger partial charge >= 0.3 is 0 Å². The molecule has 6 nitrogen and oxygen atoms in total. The Morgan fingerprint density at radius 1 is 1.15 bits per heavy atom. The molecule has 5 rings (SSSR count). The number of fused-ring (bicyclic) bond motifs is 1. The molecule has 9 heteroatoms. The van der Waals surface area contributed by atoms with Gasteiger partial charge in [0.25, 0.3) is 5.56 Å². The average Bonchev–Trinajstić information content (AvgIpc) is 3.20. The number of aliphatic hydroxyl groups is 1. The highest BCUT2D eigenvalue weighted by Gasteiger charge is 2.23. The number of aromatic amines is 1. The Morgan fingerprint density at radius 3 is 2.61 bits per heavy atom. The molecule has 1 aliphatic heterocycles. The van der Waals surface area contributed by atoms with Crippen LogP contribution in [-0.2, 0) is 6.42 Å². The first kappa shape index (κ1) is 21.5. The van der Waals surface area contributed by atoms with Crippen LogP contribution in [0.5, 0.6) is 0 Å². The third kappa shape index (κ3) is 4.44. The van der Waals surface area contributed by atoms with E-state index in [-0.39, 0.29) is 5.56 Å². The first-order valence-electron chi connectivity index (χ1n) is 10.4. The summed E-state index contributed by atoms with van der Waals surface area (Å²) >= 11 is 6.24. The summed E-state index contributed by atoms with van der Waals surface area (Å²) < 4.78 is 27.0. The van der Waals surface area contributed by atoms with Gasteiger partial charge in [0.15, 0.2) is 0 Å². The molecule has 2 aromatic heterocycles. The summed E-state index contributed by atoms with van der Waals surface area (Å²) in [6.07, 6.45) is 2.09. The van der Waals surface area contributed by atoms with Crippen LogP contribution in [0.25, 0.3) is 22.2 Å². The molecule has 1 saturated heterocycles. The van der Waals surface area contributed by atoms with Crippen molar-refractivity contribution in [2.75, 3.05) is 18.0 Å². The predicted molar refractivity (Wildman–Crippen MR) is 123 cm³/mol. The monoisotopic (exact) mass is 468 g/mol. The molecule has 0 radical (unpaired) electrons. The predicted octanol–water partition coefficient (Wildman–Crippen LogP) is 4.08. The van der Waals surface area contributed by atoms with Crippen LogP contribution in [0.1, 0.15) is 17.8 Å². The van der Waals surface area contributed by atoms with E-state index >= 15 is 0 Å². The lowest BCUT2D eigenvalue weighted by atomic mass is 10.1. The molecule has 2 N–H and O–H groups in total. The van der Waals surface area contributed by atoms with Crippen molar-refractivity contribution < 1.29 is 13.9 Å². The van der Waals surface area contributed by atoms with Gasteiger partial charge in [0.1, 0.15) is 23.0 Å². The Kier molecular flexibility index (Phi) is 5.55. The lowest BCUT2D eigenvalue weighted by Gasteiger charge is -2.20. The molecule has 0 spiro atoms. The number of pyridine rings is 1. The molecule has 1 atom stereocenters. The second kappa shape index (κ2) is 8.53. The summed E-state index contributed by atoms with van der Waals surface area (Å²) in [4.78, 5) is 26.5. The lowest BCUT2D eigenvalue weighted by Crippen LogP contribution is -2.23. The number of aromatic nitrogens is 3. The molecule has 0 bridgehead atoms. The first-order chi connectivity index (χ1) is 15.9. The number of nitrogens with zero attached hydrogens (tertiary/aromatic N) is 3.